The minimum Gasteiger partial charge on any atom is -0.383 e. The second-order valence-electron chi connectivity index (χ2n) is 8.33. The fourth-order valence-corrected chi connectivity index (χ4v) is 4.77. The number of carbonyl (C=O) groups excluding carboxylic acids is 4. The van der Waals surface area contributed by atoms with E-state index in [-0.39, 0.29) is 24.8 Å². The summed E-state index contributed by atoms with van der Waals surface area (Å²) in [5, 5.41) is 12.9. The van der Waals surface area contributed by atoms with E-state index in [0.29, 0.717) is 17.7 Å². The molecule has 0 aliphatic carbocycles. The number of rotatable bonds is 7. The maximum atomic E-state index is 13.2. The van der Waals surface area contributed by atoms with Crippen LogP contribution in [0.1, 0.15) is 47.9 Å². The number of esters is 1. The molecular formula is C24H29N5O5S. The van der Waals surface area contributed by atoms with E-state index in [1.807, 2.05) is 30.3 Å². The lowest BCUT2D eigenvalue weighted by Crippen LogP contribution is -2.56. The van der Waals surface area contributed by atoms with Gasteiger partial charge < -0.3 is 21.1 Å². The van der Waals surface area contributed by atoms with Crippen LogP contribution in [0.5, 0.6) is 0 Å². The van der Waals surface area contributed by atoms with Gasteiger partial charge in [-0.25, -0.2) is 4.79 Å². The molecule has 2 aromatic rings. The van der Waals surface area contributed by atoms with Gasteiger partial charge in [0.1, 0.15) is 17.9 Å². The highest BCUT2D eigenvalue weighted by Gasteiger charge is 2.38. The summed E-state index contributed by atoms with van der Waals surface area (Å²) in [5.41, 5.74) is 6.52. The average Bonchev–Trinajstić information content (AvgIpc) is 3.31. The predicted octanol–water partition coefficient (Wildman–Crippen LogP) is 2.08. The molecule has 0 radical (unpaired) electrons. The lowest BCUT2D eigenvalue weighted by Gasteiger charge is -2.38. The van der Waals surface area contributed by atoms with Crippen LogP contribution in [-0.2, 0) is 25.7 Å². The van der Waals surface area contributed by atoms with Crippen LogP contribution in [0.4, 0.5) is 4.79 Å². The van der Waals surface area contributed by atoms with Crippen molar-refractivity contribution in [2.75, 3.05) is 6.54 Å². The highest BCUT2D eigenvalue weighted by Crippen LogP contribution is 2.32. The number of nitrogens with zero attached hydrogens (tertiary/aromatic N) is 1. The normalized spacial score (nSPS) is 18.3. The number of nitrogens with one attached hydrogen (secondary N) is 3. The van der Waals surface area contributed by atoms with Gasteiger partial charge in [0.05, 0.1) is 11.4 Å². The minimum atomic E-state index is -0.897. The highest BCUT2D eigenvalue weighted by molar-refractivity contribution is 7.14. The molecule has 0 unspecified atom stereocenters. The van der Waals surface area contributed by atoms with Crippen LogP contribution in [0, 0.1) is 5.41 Å². The monoisotopic (exact) mass is 499 g/mol. The van der Waals surface area contributed by atoms with Gasteiger partial charge >= 0.3 is 12.1 Å². The van der Waals surface area contributed by atoms with Crippen LogP contribution >= 0.6 is 11.3 Å². The minimum absolute atomic E-state index is 0.0340. The predicted molar refractivity (Wildman–Crippen MR) is 131 cm³/mol. The molecule has 0 saturated carbocycles. The average molecular weight is 500 g/mol. The zero-order chi connectivity index (χ0) is 25.5. The number of piperidine rings is 1. The first kappa shape index (κ1) is 25.9. The molecule has 1 aliphatic heterocycles. The van der Waals surface area contributed by atoms with E-state index in [1.165, 1.54) is 16.2 Å². The molecule has 1 fully saturated rings. The number of benzene rings is 1. The second kappa shape index (κ2) is 11.6. The molecule has 1 saturated heterocycles. The smallest absolute Gasteiger partial charge is 0.383 e. The van der Waals surface area contributed by atoms with Crippen molar-refractivity contribution in [3.63, 3.8) is 0 Å². The number of amides is 3. The van der Waals surface area contributed by atoms with Crippen molar-refractivity contribution in [2.24, 2.45) is 5.73 Å². The molecule has 186 valence electrons. The molecule has 11 heteroatoms. The standard InChI is InChI=1S/C24H29N5O5S/c1-14(22(31)27-13-18-8-9-20(35-18)21(25)26)28-23(32)19-12-17(16-6-4-3-5-7-16)10-11-29(19)24(33)34-15(2)30/h3-9,14,17,19H,10-13H2,1-2H3,(H3,25,26)(H,27,31)(H,28,32)/t14-,17-,19+/m0/s1. The van der Waals surface area contributed by atoms with Crippen LogP contribution in [0.2, 0.25) is 0 Å². The van der Waals surface area contributed by atoms with Gasteiger partial charge in [0.2, 0.25) is 11.8 Å². The van der Waals surface area contributed by atoms with E-state index in [2.05, 4.69) is 10.6 Å². The van der Waals surface area contributed by atoms with Crippen LogP contribution in [0.25, 0.3) is 0 Å². The third kappa shape index (κ3) is 6.89. The Labute approximate surface area is 207 Å². The van der Waals surface area contributed by atoms with E-state index in [0.717, 1.165) is 17.4 Å². The Morgan fingerprint density at radius 2 is 1.91 bits per heavy atom. The van der Waals surface area contributed by atoms with Crippen molar-refractivity contribution in [2.45, 2.75) is 51.2 Å². The van der Waals surface area contributed by atoms with Gasteiger partial charge in [0.25, 0.3) is 0 Å². The number of nitrogens with two attached hydrogens (primary N) is 1. The molecule has 5 N–H and O–H groups in total. The summed E-state index contributed by atoms with van der Waals surface area (Å²) in [7, 11) is 0. The quantitative estimate of drug-likeness (QED) is 0.198. The summed E-state index contributed by atoms with van der Waals surface area (Å²) in [6, 6.07) is 11.4. The molecule has 1 aromatic carbocycles. The molecule has 1 aromatic heterocycles. The maximum absolute atomic E-state index is 13.2. The Kier molecular flexibility index (Phi) is 8.58. The molecule has 0 spiro atoms. The fourth-order valence-electron chi connectivity index (χ4n) is 3.96. The van der Waals surface area contributed by atoms with Crippen molar-refractivity contribution in [3.05, 3.63) is 57.8 Å². The Morgan fingerprint density at radius 3 is 2.54 bits per heavy atom. The first-order valence-corrected chi connectivity index (χ1v) is 12.0. The molecule has 3 amide bonds. The lowest BCUT2D eigenvalue weighted by atomic mass is 9.85. The first-order chi connectivity index (χ1) is 16.7. The van der Waals surface area contributed by atoms with Gasteiger partial charge in [-0.1, -0.05) is 30.3 Å². The Bertz CT molecular complexity index is 1100. The Hall–Kier alpha value is -3.73. The lowest BCUT2D eigenvalue weighted by molar-refractivity contribution is -0.138. The number of likely N-dealkylation sites (tertiary alicyclic amines) is 1. The molecule has 35 heavy (non-hydrogen) atoms. The number of nitrogen functional groups attached to an aromatic ring is 1. The zero-order valence-corrected chi connectivity index (χ0v) is 20.4. The molecule has 2 heterocycles. The van der Waals surface area contributed by atoms with Gasteiger partial charge in [-0.3, -0.25) is 24.7 Å². The van der Waals surface area contributed by atoms with E-state index in [4.69, 9.17) is 15.9 Å². The van der Waals surface area contributed by atoms with Crippen LogP contribution in [0.3, 0.4) is 0 Å². The van der Waals surface area contributed by atoms with E-state index >= 15 is 0 Å². The van der Waals surface area contributed by atoms with Crippen molar-refractivity contribution >= 4 is 41.0 Å². The summed E-state index contributed by atoms with van der Waals surface area (Å²) in [4.78, 5) is 52.2. The summed E-state index contributed by atoms with van der Waals surface area (Å²) in [5.74, 6) is -1.66. The molecule has 1 aliphatic rings. The van der Waals surface area contributed by atoms with Gasteiger partial charge in [0, 0.05) is 18.3 Å². The highest BCUT2D eigenvalue weighted by atomic mass is 32.1. The third-order valence-corrected chi connectivity index (χ3v) is 6.88. The second-order valence-corrected chi connectivity index (χ2v) is 9.50. The van der Waals surface area contributed by atoms with Gasteiger partial charge in [-0.2, -0.15) is 0 Å². The number of hydrogen-bond donors (Lipinski definition) is 4. The molecule has 3 rings (SSSR count). The topological polar surface area (TPSA) is 155 Å². The Balaban J connectivity index is 1.65. The number of ether oxygens (including phenoxy) is 1. The SMILES string of the molecule is CC(=O)OC(=O)N1CC[C@H](c2ccccc2)C[C@@H]1C(=O)N[C@@H](C)C(=O)NCc1ccc(C(=N)N)s1. The first-order valence-electron chi connectivity index (χ1n) is 11.2. The zero-order valence-electron chi connectivity index (χ0n) is 19.6. The van der Waals surface area contributed by atoms with Crippen molar-refractivity contribution < 1.29 is 23.9 Å². The summed E-state index contributed by atoms with van der Waals surface area (Å²) in [6.07, 6.45) is 0.0698. The molecule has 3 atom stereocenters. The van der Waals surface area contributed by atoms with Crippen LogP contribution in [0.15, 0.2) is 42.5 Å². The molecule has 0 bridgehead atoms. The number of hydrogen-bond acceptors (Lipinski definition) is 7. The largest absolute Gasteiger partial charge is 0.418 e. The van der Waals surface area contributed by atoms with E-state index in [9.17, 15) is 19.2 Å². The maximum Gasteiger partial charge on any atom is 0.418 e. The molecular weight excluding hydrogens is 470 g/mol. The van der Waals surface area contributed by atoms with Gasteiger partial charge in [-0.15, -0.1) is 11.3 Å². The Morgan fingerprint density at radius 1 is 1.20 bits per heavy atom. The van der Waals surface area contributed by atoms with Crippen molar-refractivity contribution in [3.8, 4) is 0 Å². The number of amidine groups is 1. The molecule has 10 nitrogen and oxygen atoms in total. The van der Waals surface area contributed by atoms with Crippen molar-refractivity contribution in [1.82, 2.24) is 15.5 Å². The van der Waals surface area contributed by atoms with Gasteiger partial charge in [0.15, 0.2) is 0 Å². The van der Waals surface area contributed by atoms with Crippen LogP contribution in [-0.4, -0.2) is 53.2 Å². The summed E-state index contributed by atoms with van der Waals surface area (Å²) >= 11 is 1.30. The van der Waals surface area contributed by atoms with Crippen LogP contribution < -0.4 is 16.4 Å². The summed E-state index contributed by atoms with van der Waals surface area (Å²) in [6.45, 7) is 3.15. The number of thiophene rings is 1. The summed E-state index contributed by atoms with van der Waals surface area (Å²) < 4.78 is 4.74. The van der Waals surface area contributed by atoms with Crippen molar-refractivity contribution in [1.29, 1.82) is 5.41 Å². The fraction of sp³-hybridized carbons (Fsp3) is 0.375. The van der Waals surface area contributed by atoms with E-state index < -0.39 is 36.0 Å². The third-order valence-electron chi connectivity index (χ3n) is 5.76. The van der Waals surface area contributed by atoms with E-state index in [1.54, 1.807) is 19.1 Å². The number of carbonyl (C=O) groups is 4. The van der Waals surface area contributed by atoms with Gasteiger partial charge in [-0.05, 0) is 43.4 Å².